The van der Waals surface area contributed by atoms with Gasteiger partial charge >= 0.3 is 0 Å². The van der Waals surface area contributed by atoms with Crippen molar-refractivity contribution in [2.45, 2.75) is 0 Å². The first kappa shape index (κ1) is 14.7. The Kier molecular flexibility index (Phi) is 6.76. The van der Waals surface area contributed by atoms with Crippen molar-refractivity contribution in [3.8, 4) is 0 Å². The van der Waals surface area contributed by atoms with Crippen LogP contribution in [0.5, 0.6) is 0 Å². The maximum absolute atomic E-state index is 11.1. The zero-order chi connectivity index (χ0) is 13.9. The van der Waals surface area contributed by atoms with E-state index in [9.17, 15) is 4.79 Å². The molecule has 0 aromatic carbocycles. The molecule has 0 aliphatic heterocycles. The van der Waals surface area contributed by atoms with Crippen molar-refractivity contribution in [2.24, 2.45) is 11.5 Å². The summed E-state index contributed by atoms with van der Waals surface area (Å²) >= 11 is 0. The van der Waals surface area contributed by atoms with Gasteiger partial charge in [-0.15, -0.1) is 0 Å². The Morgan fingerprint density at radius 3 is 2.37 bits per heavy atom. The molecule has 1 rings (SSSR count). The van der Waals surface area contributed by atoms with Gasteiger partial charge in [0.1, 0.15) is 0 Å². The van der Waals surface area contributed by atoms with Gasteiger partial charge in [0.05, 0.1) is 6.54 Å². The lowest BCUT2D eigenvalue weighted by atomic mass is 10.2. The molecule has 100 valence electrons. The molecule has 0 unspecified atom stereocenters. The first-order valence-corrected chi connectivity index (χ1v) is 6.03. The Hall–Kier alpha value is -2.33. The second-order valence-corrected chi connectivity index (χ2v) is 3.88. The molecule has 0 radical (unpaired) electrons. The summed E-state index contributed by atoms with van der Waals surface area (Å²) in [6, 6.07) is 0. The molecule has 1 aliphatic rings. The van der Waals surface area contributed by atoms with Crippen LogP contribution in [0, 0.1) is 0 Å². The molecule has 5 N–H and O–H groups in total. The average molecular weight is 257 g/mol. The summed E-state index contributed by atoms with van der Waals surface area (Å²) in [4.78, 5) is 11.1. The fraction of sp³-hybridized carbons (Fsp3) is 0.133. The van der Waals surface area contributed by atoms with Crippen molar-refractivity contribution in [1.82, 2.24) is 5.32 Å². The number of nitrogens with two attached hydrogens (primary N) is 2. The Bertz CT molecular complexity index is 480. The van der Waals surface area contributed by atoms with E-state index in [1.807, 2.05) is 54.7 Å². The van der Waals surface area contributed by atoms with Crippen molar-refractivity contribution in [3.05, 3.63) is 72.0 Å². The van der Waals surface area contributed by atoms with Gasteiger partial charge in [0, 0.05) is 12.2 Å². The molecular formula is C15H19N3O. The third-order valence-corrected chi connectivity index (χ3v) is 2.29. The third-order valence-electron chi connectivity index (χ3n) is 2.29. The maximum atomic E-state index is 11.1. The van der Waals surface area contributed by atoms with Crippen LogP contribution in [0.15, 0.2) is 72.0 Å². The molecule has 19 heavy (non-hydrogen) atoms. The minimum Gasteiger partial charge on any atom is -0.399 e. The fourth-order valence-corrected chi connectivity index (χ4v) is 1.36. The number of nitrogens with one attached hydrogen (secondary N) is 1. The second-order valence-electron chi connectivity index (χ2n) is 3.88. The average Bonchev–Trinajstić information content (AvgIpc) is 2.40. The molecule has 0 saturated heterocycles. The molecule has 0 saturated carbocycles. The molecule has 0 spiro atoms. The molecule has 0 bridgehead atoms. The summed E-state index contributed by atoms with van der Waals surface area (Å²) < 4.78 is 0. The summed E-state index contributed by atoms with van der Waals surface area (Å²) in [6.07, 6.45) is 18.8. The quantitative estimate of drug-likeness (QED) is 0.707. The van der Waals surface area contributed by atoms with E-state index < -0.39 is 0 Å². The minimum absolute atomic E-state index is 0.0181. The van der Waals surface area contributed by atoms with E-state index in [-0.39, 0.29) is 12.5 Å². The Morgan fingerprint density at radius 1 is 1.05 bits per heavy atom. The molecule has 0 aromatic heterocycles. The van der Waals surface area contributed by atoms with Crippen molar-refractivity contribution < 1.29 is 4.79 Å². The Labute approximate surface area is 113 Å². The maximum Gasteiger partial charge on any atom is 0.234 e. The topological polar surface area (TPSA) is 81.1 Å². The monoisotopic (exact) mass is 257 g/mol. The van der Waals surface area contributed by atoms with Crippen molar-refractivity contribution in [1.29, 1.82) is 0 Å². The van der Waals surface area contributed by atoms with Gasteiger partial charge < -0.3 is 16.8 Å². The van der Waals surface area contributed by atoms with Crippen LogP contribution in [0.25, 0.3) is 0 Å². The van der Waals surface area contributed by atoms with Gasteiger partial charge in [0.25, 0.3) is 0 Å². The standard InChI is InChI=1S/C15H19N3O/c16-11-15(19)18-12-13-8-6-4-2-1-3-5-7-9-14(17)10-13/h1-10H,11-12,16-17H2,(H,18,19)/b2-1-,3-1?,4-2?,5-3-,6-4-,7-5?,8-6?,9-7-,13-8?,13-10?,14-9?,14-10?. The van der Waals surface area contributed by atoms with Crippen LogP contribution in [0.1, 0.15) is 0 Å². The number of carbonyl (C=O) groups excluding carboxylic acids is 1. The van der Waals surface area contributed by atoms with Crippen molar-refractivity contribution >= 4 is 5.91 Å². The predicted molar refractivity (Wildman–Crippen MR) is 79.0 cm³/mol. The predicted octanol–water partition coefficient (Wildman–Crippen LogP) is 1.07. The second kappa shape index (κ2) is 8.72. The molecular weight excluding hydrogens is 238 g/mol. The number of rotatable bonds is 3. The zero-order valence-electron chi connectivity index (χ0n) is 10.8. The fourth-order valence-electron chi connectivity index (χ4n) is 1.36. The summed E-state index contributed by atoms with van der Waals surface area (Å²) in [7, 11) is 0. The van der Waals surface area contributed by atoms with E-state index in [1.165, 1.54) is 0 Å². The smallest absolute Gasteiger partial charge is 0.234 e. The highest BCUT2D eigenvalue weighted by atomic mass is 16.1. The largest absolute Gasteiger partial charge is 0.399 e. The highest BCUT2D eigenvalue weighted by Crippen LogP contribution is 2.01. The zero-order valence-corrected chi connectivity index (χ0v) is 10.8. The molecule has 0 heterocycles. The molecule has 0 atom stereocenters. The van der Waals surface area contributed by atoms with Crippen LogP contribution in [0.2, 0.25) is 0 Å². The van der Waals surface area contributed by atoms with Crippen LogP contribution in [0.4, 0.5) is 0 Å². The lowest BCUT2D eigenvalue weighted by Gasteiger charge is -2.05. The lowest BCUT2D eigenvalue weighted by molar-refractivity contribution is -0.119. The number of hydrogen-bond donors (Lipinski definition) is 3. The van der Waals surface area contributed by atoms with Gasteiger partial charge in [-0.05, 0) is 17.7 Å². The normalized spacial score (nSPS) is 21.9. The van der Waals surface area contributed by atoms with Gasteiger partial charge in [-0.3, -0.25) is 4.79 Å². The molecule has 4 heteroatoms. The minimum atomic E-state index is -0.193. The van der Waals surface area contributed by atoms with Gasteiger partial charge in [0.15, 0.2) is 0 Å². The summed E-state index contributed by atoms with van der Waals surface area (Å²) in [5, 5.41) is 2.71. The van der Waals surface area contributed by atoms with Crippen molar-refractivity contribution in [3.63, 3.8) is 0 Å². The van der Waals surface area contributed by atoms with Crippen molar-refractivity contribution in [2.75, 3.05) is 13.1 Å². The molecule has 4 nitrogen and oxygen atoms in total. The van der Waals surface area contributed by atoms with Crippen LogP contribution >= 0.6 is 0 Å². The van der Waals surface area contributed by atoms with Gasteiger partial charge in [-0.1, -0.05) is 48.6 Å². The van der Waals surface area contributed by atoms with E-state index in [2.05, 4.69) is 5.32 Å². The molecule has 1 aliphatic carbocycles. The van der Waals surface area contributed by atoms with E-state index in [1.54, 1.807) is 6.08 Å². The highest BCUT2D eigenvalue weighted by Gasteiger charge is 1.98. The summed E-state index contributed by atoms with van der Waals surface area (Å²) in [5.74, 6) is -0.193. The number of hydrogen-bond acceptors (Lipinski definition) is 3. The van der Waals surface area contributed by atoms with Crippen LogP contribution in [-0.4, -0.2) is 19.0 Å². The first-order valence-electron chi connectivity index (χ1n) is 6.03. The van der Waals surface area contributed by atoms with Crippen LogP contribution in [-0.2, 0) is 4.79 Å². The Morgan fingerprint density at radius 2 is 1.68 bits per heavy atom. The van der Waals surface area contributed by atoms with E-state index in [0.29, 0.717) is 12.2 Å². The van der Waals surface area contributed by atoms with Gasteiger partial charge in [-0.25, -0.2) is 0 Å². The van der Waals surface area contributed by atoms with Crippen LogP contribution < -0.4 is 16.8 Å². The van der Waals surface area contributed by atoms with Gasteiger partial charge in [-0.2, -0.15) is 0 Å². The molecule has 0 aromatic rings. The summed E-state index contributed by atoms with van der Waals surface area (Å²) in [5.41, 5.74) is 12.6. The number of carbonyl (C=O) groups is 1. The summed E-state index contributed by atoms with van der Waals surface area (Å²) in [6.45, 7) is 0.379. The third kappa shape index (κ3) is 6.85. The van der Waals surface area contributed by atoms with E-state index >= 15 is 0 Å². The SMILES string of the molecule is NCC(=O)NCC1=C\C=C/C=C\C=C/C=C\C(N)=C1. The van der Waals surface area contributed by atoms with Gasteiger partial charge in [0.2, 0.25) is 5.91 Å². The van der Waals surface area contributed by atoms with E-state index in [4.69, 9.17) is 11.5 Å². The molecule has 0 fully saturated rings. The highest BCUT2D eigenvalue weighted by molar-refractivity contribution is 5.78. The molecule has 1 amide bonds. The number of amides is 1. The van der Waals surface area contributed by atoms with E-state index in [0.717, 1.165) is 5.57 Å². The Balaban J connectivity index is 2.83. The first-order chi connectivity index (χ1) is 9.22. The lowest BCUT2D eigenvalue weighted by Crippen LogP contribution is -2.31. The van der Waals surface area contributed by atoms with Crippen LogP contribution in [0.3, 0.4) is 0 Å². The number of allylic oxidation sites excluding steroid dienone is 9.